The predicted octanol–water partition coefficient (Wildman–Crippen LogP) is 2.40. The van der Waals surface area contributed by atoms with Crippen LogP contribution in [-0.2, 0) is 10.2 Å². The number of methoxy groups -OCH3 is 1. The van der Waals surface area contributed by atoms with Crippen LogP contribution in [0.3, 0.4) is 0 Å². The van der Waals surface area contributed by atoms with Gasteiger partial charge in [-0.2, -0.15) is 12.7 Å². The molecule has 6 nitrogen and oxygen atoms in total. The maximum Gasteiger partial charge on any atom is 0.279 e. The summed E-state index contributed by atoms with van der Waals surface area (Å²) in [6.07, 6.45) is 3.56. The summed E-state index contributed by atoms with van der Waals surface area (Å²) in [5.41, 5.74) is 1.11. The SMILES string of the molecule is COc1ccc(C(CNS(=O)(=O)N(C)C(C)C)N2CCCCC2)cc1. The number of nitrogens with zero attached hydrogens (tertiary/aromatic N) is 2. The summed E-state index contributed by atoms with van der Waals surface area (Å²) in [4.78, 5) is 2.38. The highest BCUT2D eigenvalue weighted by molar-refractivity contribution is 7.87. The lowest BCUT2D eigenvalue weighted by molar-refractivity contribution is 0.164. The first kappa shape index (κ1) is 20.2. The van der Waals surface area contributed by atoms with Gasteiger partial charge in [0.1, 0.15) is 5.75 Å². The topological polar surface area (TPSA) is 61.9 Å². The van der Waals surface area contributed by atoms with Gasteiger partial charge in [-0.15, -0.1) is 0 Å². The zero-order valence-corrected chi connectivity index (χ0v) is 16.6. The quantitative estimate of drug-likeness (QED) is 0.764. The van der Waals surface area contributed by atoms with Crippen molar-refractivity contribution >= 4 is 10.2 Å². The Morgan fingerprint density at radius 2 is 1.76 bits per heavy atom. The van der Waals surface area contributed by atoms with Crippen LogP contribution >= 0.6 is 0 Å². The molecule has 1 unspecified atom stereocenters. The summed E-state index contributed by atoms with van der Waals surface area (Å²) in [5.74, 6) is 0.807. The molecule has 1 heterocycles. The minimum atomic E-state index is -3.48. The third-order valence-electron chi connectivity index (χ3n) is 4.90. The van der Waals surface area contributed by atoms with Crippen molar-refractivity contribution in [2.75, 3.05) is 33.8 Å². The molecule has 142 valence electrons. The van der Waals surface area contributed by atoms with Crippen LogP contribution in [-0.4, -0.2) is 57.5 Å². The number of benzene rings is 1. The van der Waals surface area contributed by atoms with Crippen LogP contribution < -0.4 is 9.46 Å². The van der Waals surface area contributed by atoms with Gasteiger partial charge < -0.3 is 4.74 Å². The first-order valence-corrected chi connectivity index (χ1v) is 10.4. The normalized spacial score (nSPS) is 17.8. The summed E-state index contributed by atoms with van der Waals surface area (Å²) in [7, 11) is -0.229. The Hall–Kier alpha value is -1.15. The second-order valence-corrected chi connectivity index (χ2v) is 8.66. The minimum absolute atomic E-state index is 0.0292. The standard InChI is InChI=1S/C18H31N3O3S/c1-15(2)20(3)25(22,23)19-14-18(21-12-6-5-7-13-21)16-8-10-17(24-4)11-9-16/h8-11,15,18-19H,5-7,12-14H2,1-4H3. The Bertz CT molecular complexity index is 625. The minimum Gasteiger partial charge on any atom is -0.497 e. The first-order chi connectivity index (χ1) is 11.8. The van der Waals surface area contributed by atoms with E-state index in [-0.39, 0.29) is 12.1 Å². The average Bonchev–Trinajstić information content (AvgIpc) is 2.62. The highest BCUT2D eigenvalue weighted by Gasteiger charge is 2.26. The van der Waals surface area contributed by atoms with E-state index in [1.54, 1.807) is 14.2 Å². The number of rotatable bonds is 8. The number of hydrogen-bond donors (Lipinski definition) is 1. The van der Waals surface area contributed by atoms with Gasteiger partial charge in [-0.05, 0) is 57.5 Å². The highest BCUT2D eigenvalue weighted by atomic mass is 32.2. The molecule has 0 amide bonds. The van der Waals surface area contributed by atoms with Crippen molar-refractivity contribution in [3.8, 4) is 5.75 Å². The Labute approximate surface area is 152 Å². The molecule has 0 bridgehead atoms. The average molecular weight is 370 g/mol. The third-order valence-corrected chi connectivity index (χ3v) is 6.61. The maximum atomic E-state index is 12.5. The Morgan fingerprint density at radius 1 is 1.16 bits per heavy atom. The number of ether oxygens (including phenoxy) is 1. The molecule has 1 N–H and O–H groups in total. The van der Waals surface area contributed by atoms with E-state index in [9.17, 15) is 8.42 Å². The lowest BCUT2D eigenvalue weighted by atomic mass is 10.0. The monoisotopic (exact) mass is 369 g/mol. The Balaban J connectivity index is 2.16. The first-order valence-electron chi connectivity index (χ1n) is 8.96. The molecule has 1 atom stereocenters. The molecule has 2 rings (SSSR count). The Morgan fingerprint density at radius 3 is 2.28 bits per heavy atom. The van der Waals surface area contributed by atoms with E-state index in [2.05, 4.69) is 9.62 Å². The van der Waals surface area contributed by atoms with Gasteiger partial charge in [0.15, 0.2) is 0 Å². The summed E-state index contributed by atoms with van der Waals surface area (Å²) in [6.45, 7) is 6.10. The third kappa shape index (κ3) is 5.41. The molecule has 1 aromatic rings. The van der Waals surface area contributed by atoms with Crippen LogP contribution in [0.2, 0.25) is 0 Å². The van der Waals surface area contributed by atoms with E-state index in [0.29, 0.717) is 6.54 Å². The zero-order chi connectivity index (χ0) is 18.4. The second-order valence-electron chi connectivity index (χ2n) is 6.85. The number of hydrogen-bond acceptors (Lipinski definition) is 4. The van der Waals surface area contributed by atoms with Gasteiger partial charge in [0.2, 0.25) is 0 Å². The molecule has 0 radical (unpaired) electrons. The van der Waals surface area contributed by atoms with Gasteiger partial charge in [-0.25, -0.2) is 4.72 Å². The van der Waals surface area contributed by atoms with Crippen LogP contribution in [0.15, 0.2) is 24.3 Å². The smallest absolute Gasteiger partial charge is 0.279 e. The van der Waals surface area contributed by atoms with Crippen molar-refractivity contribution in [3.05, 3.63) is 29.8 Å². The van der Waals surface area contributed by atoms with Crippen molar-refractivity contribution < 1.29 is 13.2 Å². The molecule has 0 aromatic heterocycles. The van der Waals surface area contributed by atoms with Crippen LogP contribution in [0.25, 0.3) is 0 Å². The molecule has 1 aliphatic heterocycles. The van der Waals surface area contributed by atoms with Gasteiger partial charge in [0, 0.05) is 25.7 Å². The van der Waals surface area contributed by atoms with E-state index >= 15 is 0 Å². The molecule has 1 aromatic carbocycles. The maximum absolute atomic E-state index is 12.5. The molecular formula is C18H31N3O3S. The van der Waals surface area contributed by atoms with E-state index in [1.807, 2.05) is 38.1 Å². The van der Waals surface area contributed by atoms with Crippen molar-refractivity contribution in [1.29, 1.82) is 0 Å². The Kier molecular flexibility index (Phi) is 7.25. The largest absolute Gasteiger partial charge is 0.497 e. The molecule has 0 saturated carbocycles. The van der Waals surface area contributed by atoms with Gasteiger partial charge in [-0.1, -0.05) is 18.6 Å². The van der Waals surface area contributed by atoms with E-state index in [4.69, 9.17) is 4.74 Å². The number of likely N-dealkylation sites (tertiary alicyclic amines) is 1. The van der Waals surface area contributed by atoms with E-state index < -0.39 is 10.2 Å². The molecule has 7 heteroatoms. The van der Waals surface area contributed by atoms with Gasteiger partial charge >= 0.3 is 0 Å². The molecule has 1 aliphatic rings. The zero-order valence-electron chi connectivity index (χ0n) is 15.7. The molecule has 1 fully saturated rings. The summed E-state index contributed by atoms with van der Waals surface area (Å²) in [6, 6.07) is 7.87. The fourth-order valence-electron chi connectivity index (χ4n) is 3.08. The fraction of sp³-hybridized carbons (Fsp3) is 0.667. The molecule has 25 heavy (non-hydrogen) atoms. The van der Waals surface area contributed by atoms with Crippen molar-refractivity contribution in [3.63, 3.8) is 0 Å². The second kappa shape index (κ2) is 8.98. The molecule has 1 saturated heterocycles. The van der Waals surface area contributed by atoms with Gasteiger partial charge in [0.25, 0.3) is 10.2 Å². The fourth-order valence-corrected chi connectivity index (χ4v) is 4.20. The number of piperidine rings is 1. The predicted molar refractivity (Wildman–Crippen MR) is 101 cm³/mol. The van der Waals surface area contributed by atoms with E-state index in [0.717, 1.165) is 37.2 Å². The molecule has 0 aliphatic carbocycles. The lowest BCUT2D eigenvalue weighted by Gasteiger charge is -2.35. The summed E-state index contributed by atoms with van der Waals surface area (Å²) < 4.78 is 34.3. The van der Waals surface area contributed by atoms with Crippen LogP contribution in [0.5, 0.6) is 5.75 Å². The summed E-state index contributed by atoms with van der Waals surface area (Å²) in [5, 5.41) is 0. The van der Waals surface area contributed by atoms with Crippen LogP contribution in [0.4, 0.5) is 0 Å². The van der Waals surface area contributed by atoms with E-state index in [1.165, 1.54) is 10.7 Å². The van der Waals surface area contributed by atoms with Crippen LogP contribution in [0.1, 0.15) is 44.7 Å². The highest BCUT2D eigenvalue weighted by Crippen LogP contribution is 2.26. The van der Waals surface area contributed by atoms with Crippen LogP contribution in [0, 0.1) is 0 Å². The van der Waals surface area contributed by atoms with Gasteiger partial charge in [-0.3, -0.25) is 4.90 Å². The lowest BCUT2D eigenvalue weighted by Crippen LogP contribution is -2.46. The van der Waals surface area contributed by atoms with Crippen molar-refractivity contribution in [2.24, 2.45) is 0 Å². The molecular weight excluding hydrogens is 338 g/mol. The van der Waals surface area contributed by atoms with Crippen molar-refractivity contribution in [1.82, 2.24) is 13.9 Å². The molecule has 0 spiro atoms. The van der Waals surface area contributed by atoms with Gasteiger partial charge in [0.05, 0.1) is 7.11 Å². The summed E-state index contributed by atoms with van der Waals surface area (Å²) >= 11 is 0. The number of nitrogens with one attached hydrogen (secondary N) is 1. The van der Waals surface area contributed by atoms with Crippen molar-refractivity contribution in [2.45, 2.75) is 45.2 Å².